The Morgan fingerprint density at radius 2 is 2.06 bits per heavy atom. The highest BCUT2D eigenvalue weighted by Gasteiger charge is 2.39. The molecule has 0 fully saturated rings. The smallest absolute Gasteiger partial charge is 0.274 e. The van der Waals surface area contributed by atoms with Crippen molar-refractivity contribution in [2.24, 2.45) is 0 Å². The molecule has 1 amide bonds. The lowest BCUT2D eigenvalue weighted by atomic mass is 10.4. The second-order valence-electron chi connectivity index (χ2n) is 3.26. The van der Waals surface area contributed by atoms with E-state index in [2.05, 4.69) is 0 Å². The van der Waals surface area contributed by atoms with Gasteiger partial charge in [0.1, 0.15) is 0 Å². The maximum Gasteiger partial charge on any atom is 0.278 e. The number of hydrogen-bond donors (Lipinski definition) is 0. The van der Waals surface area contributed by atoms with E-state index in [0.717, 1.165) is 9.96 Å². The normalized spacial score (nSPS) is 14.1. The van der Waals surface area contributed by atoms with E-state index in [4.69, 9.17) is 28.0 Å². The van der Waals surface area contributed by atoms with Crippen molar-refractivity contribution in [1.82, 2.24) is 5.06 Å². The molecule has 0 aromatic heterocycles. The van der Waals surface area contributed by atoms with Crippen LogP contribution in [0.15, 0.2) is 35.2 Å². The fraction of sp³-hybridized carbons (Fsp3) is 0.364. The second-order valence-corrected chi connectivity index (χ2v) is 5.77. The van der Waals surface area contributed by atoms with Gasteiger partial charge in [-0.15, -0.1) is 11.6 Å². The zero-order valence-electron chi connectivity index (χ0n) is 9.52. The number of rotatable bonds is 5. The molecule has 94 valence electrons. The van der Waals surface area contributed by atoms with Crippen molar-refractivity contribution in [3.63, 3.8) is 0 Å². The molecule has 1 unspecified atom stereocenters. The summed E-state index contributed by atoms with van der Waals surface area (Å²) in [7, 11) is 2.90. The average molecular weight is 294 g/mol. The number of amides is 1. The quantitative estimate of drug-likeness (QED) is 0.475. The highest BCUT2D eigenvalue weighted by atomic mass is 35.5. The number of carbonyl (C=O) groups is 1. The van der Waals surface area contributed by atoms with Gasteiger partial charge < -0.3 is 0 Å². The number of benzene rings is 1. The first-order valence-electron chi connectivity index (χ1n) is 4.84. The van der Waals surface area contributed by atoms with Crippen LogP contribution in [0.4, 0.5) is 0 Å². The van der Waals surface area contributed by atoms with Crippen LogP contribution in [0.1, 0.15) is 0 Å². The third-order valence-electron chi connectivity index (χ3n) is 2.07. The van der Waals surface area contributed by atoms with Gasteiger partial charge >= 0.3 is 0 Å². The van der Waals surface area contributed by atoms with Crippen LogP contribution in [0.3, 0.4) is 0 Å². The van der Waals surface area contributed by atoms with Crippen LogP contribution in [0.25, 0.3) is 0 Å². The summed E-state index contributed by atoms with van der Waals surface area (Å²) in [6.07, 6.45) is 0. The van der Waals surface area contributed by atoms with E-state index in [0.29, 0.717) is 0 Å². The first kappa shape index (κ1) is 14.6. The molecule has 0 aliphatic heterocycles. The molecule has 0 heterocycles. The van der Waals surface area contributed by atoms with Crippen LogP contribution < -0.4 is 0 Å². The minimum Gasteiger partial charge on any atom is -0.274 e. The number of thioether (sulfide) groups is 1. The summed E-state index contributed by atoms with van der Waals surface area (Å²) < 4.78 is -1.26. The Balaban J connectivity index is 2.86. The second kappa shape index (κ2) is 6.50. The predicted octanol–water partition coefficient (Wildman–Crippen LogP) is 2.97. The number of halogens is 2. The van der Waals surface area contributed by atoms with Crippen molar-refractivity contribution >= 4 is 40.9 Å². The summed E-state index contributed by atoms with van der Waals surface area (Å²) in [6.45, 7) is 0. The van der Waals surface area contributed by atoms with Gasteiger partial charge in [-0.3, -0.25) is 9.63 Å². The molecule has 6 heteroatoms. The Morgan fingerprint density at radius 3 is 2.53 bits per heavy atom. The Labute approximate surface area is 115 Å². The lowest BCUT2D eigenvalue weighted by Crippen LogP contribution is -2.42. The molecule has 0 spiro atoms. The molecule has 1 atom stereocenters. The van der Waals surface area contributed by atoms with Gasteiger partial charge in [0.2, 0.25) is 0 Å². The van der Waals surface area contributed by atoms with Gasteiger partial charge in [0, 0.05) is 11.9 Å². The van der Waals surface area contributed by atoms with Crippen molar-refractivity contribution in [2.45, 2.75) is 9.10 Å². The van der Waals surface area contributed by atoms with Gasteiger partial charge in [-0.2, -0.15) is 0 Å². The molecule has 0 saturated carbocycles. The number of alkyl halides is 2. The molecular formula is C11H13Cl2NO2S. The van der Waals surface area contributed by atoms with Gasteiger partial charge in [0.15, 0.2) is 4.21 Å². The largest absolute Gasteiger partial charge is 0.278 e. The molecular weight excluding hydrogens is 281 g/mol. The predicted molar refractivity (Wildman–Crippen MR) is 71.4 cm³/mol. The molecule has 17 heavy (non-hydrogen) atoms. The van der Waals surface area contributed by atoms with Gasteiger partial charge in [0.05, 0.1) is 13.0 Å². The lowest BCUT2D eigenvalue weighted by molar-refractivity contribution is -0.168. The van der Waals surface area contributed by atoms with Gasteiger partial charge in [-0.05, 0) is 12.1 Å². The van der Waals surface area contributed by atoms with Crippen LogP contribution in [0.2, 0.25) is 0 Å². The van der Waals surface area contributed by atoms with Crippen LogP contribution in [-0.4, -0.2) is 35.2 Å². The number of hydroxylamine groups is 2. The zero-order valence-corrected chi connectivity index (χ0v) is 11.9. The summed E-state index contributed by atoms with van der Waals surface area (Å²) in [5.74, 6) is -0.397. The summed E-state index contributed by atoms with van der Waals surface area (Å²) in [6, 6.07) is 9.38. The third kappa shape index (κ3) is 3.78. The number of hydrogen-bond acceptors (Lipinski definition) is 3. The Bertz CT molecular complexity index is 377. The molecule has 0 aliphatic rings. The van der Waals surface area contributed by atoms with E-state index in [1.54, 1.807) is 0 Å². The standard InChI is InChI=1S/C11H13Cl2NO2S/c1-14(16-2)10(15)11(13,8-12)17-9-6-4-3-5-7-9/h3-7H,8H2,1-2H3. The molecule has 0 bridgehead atoms. The van der Waals surface area contributed by atoms with Crippen LogP contribution in [0.5, 0.6) is 0 Å². The van der Waals surface area contributed by atoms with E-state index in [1.807, 2.05) is 30.3 Å². The SMILES string of the molecule is CON(C)C(=O)C(Cl)(CCl)Sc1ccccc1. The summed E-state index contributed by atoms with van der Waals surface area (Å²) in [4.78, 5) is 17.7. The van der Waals surface area contributed by atoms with Crippen LogP contribution in [-0.2, 0) is 9.63 Å². The van der Waals surface area contributed by atoms with Crippen molar-refractivity contribution in [3.8, 4) is 0 Å². The summed E-state index contributed by atoms with van der Waals surface area (Å²) in [5.41, 5.74) is 0. The molecule has 0 radical (unpaired) electrons. The first-order valence-corrected chi connectivity index (χ1v) is 6.57. The van der Waals surface area contributed by atoms with Crippen LogP contribution in [0, 0.1) is 0 Å². The third-order valence-corrected chi connectivity index (χ3v) is 4.45. The summed E-state index contributed by atoms with van der Waals surface area (Å²) in [5, 5.41) is 1.07. The highest BCUT2D eigenvalue weighted by molar-refractivity contribution is 8.02. The lowest BCUT2D eigenvalue weighted by Gasteiger charge is -2.26. The topological polar surface area (TPSA) is 29.5 Å². The maximum absolute atomic E-state index is 12.0. The summed E-state index contributed by atoms with van der Waals surface area (Å²) >= 11 is 13.2. The zero-order chi connectivity index (χ0) is 12.9. The molecule has 0 N–H and O–H groups in total. The fourth-order valence-corrected chi connectivity index (χ4v) is 2.72. The Morgan fingerprint density at radius 1 is 1.47 bits per heavy atom. The maximum atomic E-state index is 12.0. The van der Waals surface area contributed by atoms with Crippen molar-refractivity contribution < 1.29 is 9.63 Å². The number of carbonyl (C=O) groups excluding carboxylic acids is 1. The van der Waals surface area contributed by atoms with Crippen molar-refractivity contribution in [3.05, 3.63) is 30.3 Å². The molecule has 3 nitrogen and oxygen atoms in total. The molecule has 0 aliphatic carbocycles. The van der Waals surface area contributed by atoms with Crippen molar-refractivity contribution in [1.29, 1.82) is 0 Å². The van der Waals surface area contributed by atoms with E-state index in [-0.39, 0.29) is 11.8 Å². The molecule has 1 aromatic rings. The van der Waals surface area contributed by atoms with E-state index >= 15 is 0 Å². The minimum absolute atomic E-state index is 0.0132. The van der Waals surface area contributed by atoms with Gasteiger partial charge in [-0.25, -0.2) is 5.06 Å². The van der Waals surface area contributed by atoms with Gasteiger partial charge in [-0.1, -0.05) is 41.6 Å². The monoisotopic (exact) mass is 293 g/mol. The van der Waals surface area contributed by atoms with Crippen molar-refractivity contribution in [2.75, 3.05) is 20.0 Å². The van der Waals surface area contributed by atoms with Crippen LogP contribution >= 0.6 is 35.0 Å². The minimum atomic E-state index is -1.26. The molecule has 1 aromatic carbocycles. The average Bonchev–Trinajstić information content (AvgIpc) is 2.37. The van der Waals surface area contributed by atoms with Gasteiger partial charge in [0.25, 0.3) is 5.91 Å². The van der Waals surface area contributed by atoms with E-state index in [9.17, 15) is 4.79 Å². The molecule has 1 rings (SSSR count). The fourth-order valence-electron chi connectivity index (χ4n) is 1.12. The Kier molecular flexibility index (Phi) is 5.59. The van der Waals surface area contributed by atoms with E-state index < -0.39 is 4.21 Å². The number of nitrogens with zero attached hydrogens (tertiary/aromatic N) is 1. The molecule has 0 saturated heterocycles. The highest BCUT2D eigenvalue weighted by Crippen LogP contribution is 2.38. The Hall–Kier alpha value is -0.420. The van der Waals surface area contributed by atoms with E-state index in [1.165, 1.54) is 25.9 Å². The first-order chi connectivity index (χ1) is 8.03.